The summed E-state index contributed by atoms with van der Waals surface area (Å²) in [6, 6.07) is 6.57. The normalized spacial score (nSPS) is 12.8. The first-order valence-electron chi connectivity index (χ1n) is 6.46. The van der Waals surface area contributed by atoms with E-state index in [1.54, 1.807) is 7.11 Å². The van der Waals surface area contributed by atoms with Crippen LogP contribution in [0.25, 0.3) is 0 Å². The Morgan fingerprint density at radius 2 is 2.00 bits per heavy atom. The highest BCUT2D eigenvalue weighted by atomic mass is 16.5. The number of hydrogen-bond acceptors (Lipinski definition) is 2. The molecule has 1 rings (SSSR count). The lowest BCUT2D eigenvalue weighted by Gasteiger charge is -2.20. The summed E-state index contributed by atoms with van der Waals surface area (Å²) >= 11 is 0. The Kier molecular flexibility index (Phi) is 5.49. The number of likely N-dealkylation sites (N-methyl/N-ethyl adjacent to an activating group) is 1. The molecular formula is C15H25NO. The third-order valence-electron chi connectivity index (χ3n) is 3.30. The summed E-state index contributed by atoms with van der Waals surface area (Å²) in [6.45, 7) is 7.67. The number of rotatable bonds is 6. The quantitative estimate of drug-likeness (QED) is 0.814. The zero-order valence-electron chi connectivity index (χ0n) is 11.7. The highest BCUT2D eigenvalue weighted by molar-refractivity contribution is 5.41. The third-order valence-corrected chi connectivity index (χ3v) is 3.30. The summed E-state index contributed by atoms with van der Waals surface area (Å²) in [5.74, 6) is 2.09. The van der Waals surface area contributed by atoms with E-state index in [4.69, 9.17) is 4.74 Å². The maximum absolute atomic E-state index is 5.48. The summed E-state index contributed by atoms with van der Waals surface area (Å²) in [5, 5.41) is 3.26. The predicted octanol–water partition coefficient (Wildman–Crippen LogP) is 3.53. The van der Waals surface area contributed by atoms with Crippen LogP contribution in [-0.4, -0.2) is 20.7 Å². The average molecular weight is 235 g/mol. The van der Waals surface area contributed by atoms with Crippen molar-refractivity contribution >= 4 is 0 Å². The Hall–Kier alpha value is -1.02. The molecule has 1 aromatic rings. The van der Waals surface area contributed by atoms with Crippen molar-refractivity contribution in [3.8, 4) is 5.75 Å². The molecule has 96 valence electrons. The molecule has 1 atom stereocenters. The molecule has 0 saturated carbocycles. The molecule has 0 fully saturated rings. The number of hydrogen-bond donors (Lipinski definition) is 1. The Morgan fingerprint density at radius 3 is 2.47 bits per heavy atom. The minimum absolute atomic E-state index is 0.522. The van der Waals surface area contributed by atoms with Gasteiger partial charge in [-0.3, -0.25) is 0 Å². The number of ether oxygens (including phenoxy) is 1. The van der Waals surface area contributed by atoms with Gasteiger partial charge in [0.15, 0.2) is 0 Å². The lowest BCUT2D eigenvalue weighted by atomic mass is 9.91. The third kappa shape index (κ3) is 3.47. The van der Waals surface area contributed by atoms with Gasteiger partial charge < -0.3 is 10.1 Å². The van der Waals surface area contributed by atoms with Gasteiger partial charge in [-0.1, -0.05) is 32.9 Å². The Labute approximate surface area is 105 Å². The van der Waals surface area contributed by atoms with Crippen molar-refractivity contribution in [2.75, 3.05) is 20.7 Å². The van der Waals surface area contributed by atoms with Crippen LogP contribution < -0.4 is 10.1 Å². The van der Waals surface area contributed by atoms with E-state index in [2.05, 4.69) is 44.3 Å². The van der Waals surface area contributed by atoms with Crippen LogP contribution in [0.2, 0.25) is 0 Å². The van der Waals surface area contributed by atoms with Gasteiger partial charge >= 0.3 is 0 Å². The summed E-state index contributed by atoms with van der Waals surface area (Å²) in [4.78, 5) is 0. The van der Waals surface area contributed by atoms with Gasteiger partial charge in [-0.2, -0.15) is 0 Å². The molecule has 1 N–H and O–H groups in total. The van der Waals surface area contributed by atoms with Crippen molar-refractivity contribution in [2.24, 2.45) is 0 Å². The van der Waals surface area contributed by atoms with Crippen molar-refractivity contribution in [1.29, 1.82) is 0 Å². The summed E-state index contributed by atoms with van der Waals surface area (Å²) in [7, 11) is 3.75. The Morgan fingerprint density at radius 1 is 1.29 bits per heavy atom. The molecule has 2 nitrogen and oxygen atoms in total. The molecule has 0 radical (unpaired) electrons. The molecule has 0 aliphatic rings. The molecule has 0 heterocycles. The minimum atomic E-state index is 0.522. The Balaban J connectivity index is 3.11. The van der Waals surface area contributed by atoms with Gasteiger partial charge in [0.05, 0.1) is 7.11 Å². The van der Waals surface area contributed by atoms with Gasteiger partial charge in [-0.25, -0.2) is 0 Å². The predicted molar refractivity (Wildman–Crippen MR) is 74.0 cm³/mol. The molecule has 1 aromatic carbocycles. The first-order chi connectivity index (χ1) is 8.13. The largest absolute Gasteiger partial charge is 0.496 e. The second-order valence-corrected chi connectivity index (χ2v) is 4.82. The summed E-state index contributed by atoms with van der Waals surface area (Å²) < 4.78 is 5.48. The summed E-state index contributed by atoms with van der Waals surface area (Å²) in [5.41, 5.74) is 2.71. The van der Waals surface area contributed by atoms with E-state index in [1.165, 1.54) is 11.1 Å². The van der Waals surface area contributed by atoms with Crippen molar-refractivity contribution in [1.82, 2.24) is 5.32 Å². The molecule has 2 heteroatoms. The lowest BCUT2D eigenvalue weighted by Crippen LogP contribution is -2.17. The van der Waals surface area contributed by atoms with Crippen molar-refractivity contribution in [3.05, 3.63) is 29.3 Å². The number of methoxy groups -OCH3 is 1. The van der Waals surface area contributed by atoms with Crippen LogP contribution in [0.5, 0.6) is 5.75 Å². The minimum Gasteiger partial charge on any atom is -0.496 e. The van der Waals surface area contributed by atoms with E-state index in [1.807, 2.05) is 7.05 Å². The molecule has 0 spiro atoms. The SMILES string of the molecule is CCC(CNC)c1cc(C(C)C)ccc1OC. The fraction of sp³-hybridized carbons (Fsp3) is 0.600. The van der Waals surface area contributed by atoms with Crippen molar-refractivity contribution in [2.45, 2.75) is 39.0 Å². The molecule has 17 heavy (non-hydrogen) atoms. The molecule has 1 unspecified atom stereocenters. The first kappa shape index (κ1) is 14.0. The van der Waals surface area contributed by atoms with Crippen molar-refractivity contribution < 1.29 is 4.74 Å². The second kappa shape index (κ2) is 6.65. The summed E-state index contributed by atoms with van der Waals surface area (Å²) in [6.07, 6.45) is 1.12. The van der Waals surface area contributed by atoms with E-state index in [0.717, 1.165) is 18.7 Å². The monoisotopic (exact) mass is 235 g/mol. The topological polar surface area (TPSA) is 21.3 Å². The Bertz CT molecular complexity index is 347. The van der Waals surface area contributed by atoms with E-state index >= 15 is 0 Å². The van der Waals surface area contributed by atoms with Gasteiger partial charge in [0.25, 0.3) is 0 Å². The molecule has 0 bridgehead atoms. The van der Waals surface area contributed by atoms with E-state index in [-0.39, 0.29) is 0 Å². The van der Waals surface area contributed by atoms with E-state index in [0.29, 0.717) is 11.8 Å². The molecule has 0 aliphatic carbocycles. The molecular weight excluding hydrogens is 210 g/mol. The highest BCUT2D eigenvalue weighted by Crippen LogP contribution is 2.31. The van der Waals surface area contributed by atoms with Crippen LogP contribution in [0.4, 0.5) is 0 Å². The van der Waals surface area contributed by atoms with Crippen LogP contribution in [0, 0.1) is 0 Å². The standard InChI is InChI=1S/C15H25NO/c1-6-12(10-16-4)14-9-13(11(2)3)7-8-15(14)17-5/h7-9,11-12,16H,6,10H2,1-5H3. The number of benzene rings is 1. The smallest absolute Gasteiger partial charge is 0.122 e. The molecule has 0 amide bonds. The molecule has 0 aromatic heterocycles. The maximum Gasteiger partial charge on any atom is 0.122 e. The maximum atomic E-state index is 5.48. The van der Waals surface area contributed by atoms with Gasteiger partial charge in [0.1, 0.15) is 5.75 Å². The van der Waals surface area contributed by atoms with Crippen LogP contribution in [0.1, 0.15) is 50.2 Å². The van der Waals surface area contributed by atoms with E-state index < -0.39 is 0 Å². The first-order valence-corrected chi connectivity index (χ1v) is 6.46. The zero-order chi connectivity index (χ0) is 12.8. The molecule has 0 saturated heterocycles. The second-order valence-electron chi connectivity index (χ2n) is 4.82. The van der Waals surface area contributed by atoms with E-state index in [9.17, 15) is 0 Å². The number of nitrogens with one attached hydrogen (secondary N) is 1. The van der Waals surface area contributed by atoms with Crippen LogP contribution in [0.15, 0.2) is 18.2 Å². The molecule has 0 aliphatic heterocycles. The van der Waals surface area contributed by atoms with Crippen LogP contribution in [-0.2, 0) is 0 Å². The van der Waals surface area contributed by atoms with Gasteiger partial charge in [-0.05, 0) is 42.5 Å². The van der Waals surface area contributed by atoms with Crippen LogP contribution >= 0.6 is 0 Å². The highest BCUT2D eigenvalue weighted by Gasteiger charge is 2.15. The fourth-order valence-corrected chi connectivity index (χ4v) is 2.15. The zero-order valence-corrected chi connectivity index (χ0v) is 11.7. The van der Waals surface area contributed by atoms with Gasteiger partial charge in [-0.15, -0.1) is 0 Å². The van der Waals surface area contributed by atoms with Crippen molar-refractivity contribution in [3.63, 3.8) is 0 Å². The van der Waals surface area contributed by atoms with Gasteiger partial charge in [0.2, 0.25) is 0 Å². The lowest BCUT2D eigenvalue weighted by molar-refractivity contribution is 0.403. The van der Waals surface area contributed by atoms with Gasteiger partial charge in [0, 0.05) is 6.54 Å². The van der Waals surface area contributed by atoms with Crippen LogP contribution in [0.3, 0.4) is 0 Å². The fourth-order valence-electron chi connectivity index (χ4n) is 2.15. The average Bonchev–Trinajstić information content (AvgIpc) is 2.35.